The number of nitrogens with one attached hydrogen (secondary N) is 1. The molecule has 0 aliphatic carbocycles. The molecule has 11 heavy (non-hydrogen) atoms. The summed E-state index contributed by atoms with van der Waals surface area (Å²) in [6, 6.07) is 0. The van der Waals surface area contributed by atoms with Crippen LogP contribution in [-0.4, -0.2) is 26.5 Å². The first-order valence-electron chi connectivity index (χ1n) is 3.23. The molecule has 0 aliphatic heterocycles. The third kappa shape index (κ3) is 4.41. The van der Waals surface area contributed by atoms with Crippen LogP contribution in [0.5, 0.6) is 0 Å². The molecule has 2 radical (unpaired) electrons. The number of hydrogen-bond donors (Lipinski definition) is 1. The summed E-state index contributed by atoms with van der Waals surface area (Å²) >= 11 is 0. The van der Waals surface area contributed by atoms with Crippen LogP contribution in [-0.2, 0) is 14.3 Å². The number of carbonyl (C=O) groups is 2. The van der Waals surface area contributed by atoms with Gasteiger partial charge in [0.25, 0.3) is 6.47 Å². The zero-order chi connectivity index (χ0) is 8.85. The minimum absolute atomic E-state index is 0.270. The molecule has 0 bridgehead atoms. The fourth-order valence-corrected chi connectivity index (χ4v) is 0.449. The Labute approximate surface area is 66.7 Å². The van der Waals surface area contributed by atoms with Crippen molar-refractivity contribution in [1.82, 2.24) is 5.32 Å². The van der Waals surface area contributed by atoms with E-state index in [-0.39, 0.29) is 12.4 Å². The summed E-state index contributed by atoms with van der Waals surface area (Å²) in [4.78, 5) is 20.6. The molecule has 2 unspecified atom stereocenters. The first-order chi connectivity index (χ1) is 5.07. The molecule has 0 aromatic heterocycles. The Hall–Kier alpha value is -0.995. The zero-order valence-corrected chi connectivity index (χ0v) is 6.53. The molecule has 1 N–H and O–H groups in total. The highest BCUT2D eigenvalue weighted by Crippen LogP contribution is 1.95. The van der Waals surface area contributed by atoms with Gasteiger partial charge in [0.15, 0.2) is 6.23 Å². The van der Waals surface area contributed by atoms with Gasteiger partial charge in [0.1, 0.15) is 0 Å². The number of carbonyl (C=O) groups excluding carboxylic acids is 2. The average Bonchev–Trinajstić information content (AvgIpc) is 1.87. The second-order valence-corrected chi connectivity index (χ2v) is 2.17. The van der Waals surface area contributed by atoms with Crippen molar-refractivity contribution >= 4 is 20.2 Å². The van der Waals surface area contributed by atoms with Crippen LogP contribution in [0.25, 0.3) is 0 Å². The molecule has 1 amide bonds. The van der Waals surface area contributed by atoms with Crippen molar-refractivity contribution in [3.05, 3.63) is 0 Å². The summed E-state index contributed by atoms with van der Waals surface area (Å²) in [7, 11) is 5.22. The molecule has 0 aromatic carbocycles. The Morgan fingerprint density at radius 1 is 1.64 bits per heavy atom. The van der Waals surface area contributed by atoms with E-state index in [9.17, 15) is 9.59 Å². The summed E-state index contributed by atoms with van der Waals surface area (Å²) in [5.74, 6) is -0.938. The van der Waals surface area contributed by atoms with Crippen molar-refractivity contribution in [2.45, 2.75) is 25.9 Å². The van der Waals surface area contributed by atoms with Gasteiger partial charge in [-0.3, -0.25) is 9.59 Å². The predicted octanol–water partition coefficient (Wildman–Crippen LogP) is -0.402. The fraction of sp³-hybridized carbons (Fsp3) is 0.667. The van der Waals surface area contributed by atoms with E-state index < -0.39 is 12.0 Å². The van der Waals surface area contributed by atoms with Crippen LogP contribution in [0.3, 0.4) is 0 Å². The monoisotopic (exact) mass is 155 g/mol. The molecule has 2 atom stereocenters. The van der Waals surface area contributed by atoms with Gasteiger partial charge in [0, 0.05) is 0 Å². The van der Waals surface area contributed by atoms with Crippen molar-refractivity contribution < 1.29 is 14.3 Å². The Bertz CT molecular complexity index is 149. The summed E-state index contributed by atoms with van der Waals surface area (Å²) in [6.45, 7) is 3.35. The highest BCUT2D eigenvalue weighted by molar-refractivity contribution is 6.23. The molecule has 0 aliphatic rings. The average molecular weight is 155 g/mol. The van der Waals surface area contributed by atoms with Gasteiger partial charge in [0.2, 0.25) is 5.91 Å². The molecule has 0 saturated carbocycles. The summed E-state index contributed by atoms with van der Waals surface area (Å²) < 4.78 is 4.39. The molecule has 0 aromatic rings. The van der Waals surface area contributed by atoms with E-state index in [1.165, 1.54) is 6.92 Å². The lowest BCUT2D eigenvalue weighted by Crippen LogP contribution is -2.36. The quantitative estimate of drug-likeness (QED) is 0.341. The van der Waals surface area contributed by atoms with Crippen LogP contribution >= 0.6 is 0 Å². The Kier molecular flexibility index (Phi) is 4.33. The number of amides is 1. The van der Waals surface area contributed by atoms with Crippen molar-refractivity contribution in [2.24, 2.45) is 0 Å². The van der Waals surface area contributed by atoms with Crippen molar-refractivity contribution in [1.29, 1.82) is 0 Å². The maximum absolute atomic E-state index is 10.8. The minimum atomic E-state index is -0.619. The van der Waals surface area contributed by atoms with Crippen molar-refractivity contribution in [2.75, 3.05) is 0 Å². The van der Waals surface area contributed by atoms with Crippen LogP contribution in [0.2, 0.25) is 5.82 Å². The van der Waals surface area contributed by atoms with Gasteiger partial charge in [-0.2, -0.15) is 0 Å². The maximum atomic E-state index is 10.8. The van der Waals surface area contributed by atoms with Gasteiger partial charge in [0.05, 0.1) is 7.85 Å². The number of rotatable bonds is 4. The van der Waals surface area contributed by atoms with E-state index >= 15 is 0 Å². The fourth-order valence-electron chi connectivity index (χ4n) is 0.449. The van der Waals surface area contributed by atoms with Gasteiger partial charge in [-0.05, 0) is 12.7 Å². The number of hydrogen-bond acceptors (Lipinski definition) is 3. The van der Waals surface area contributed by atoms with Gasteiger partial charge < -0.3 is 10.1 Å². The molecule has 4 nitrogen and oxygen atoms in total. The van der Waals surface area contributed by atoms with E-state index in [1.807, 2.05) is 0 Å². The van der Waals surface area contributed by atoms with Crippen molar-refractivity contribution in [3.63, 3.8) is 0 Å². The summed E-state index contributed by atoms with van der Waals surface area (Å²) in [6.07, 6.45) is -0.619. The van der Waals surface area contributed by atoms with Crippen molar-refractivity contribution in [3.8, 4) is 0 Å². The highest BCUT2D eigenvalue weighted by atomic mass is 16.5. The Morgan fingerprint density at radius 2 is 2.18 bits per heavy atom. The van der Waals surface area contributed by atoms with Crippen LogP contribution in [0.4, 0.5) is 0 Å². The van der Waals surface area contributed by atoms with E-state index in [4.69, 9.17) is 7.85 Å². The lowest BCUT2D eigenvalue weighted by Gasteiger charge is -2.13. The van der Waals surface area contributed by atoms with Crippen LogP contribution in [0.15, 0.2) is 0 Å². The maximum Gasteiger partial charge on any atom is 0.294 e. The molecular formula is C6H10BNO3. The van der Waals surface area contributed by atoms with Gasteiger partial charge >= 0.3 is 0 Å². The van der Waals surface area contributed by atoms with E-state index in [2.05, 4.69) is 10.1 Å². The van der Waals surface area contributed by atoms with Gasteiger partial charge in [-0.1, -0.05) is 6.92 Å². The molecule has 0 saturated heterocycles. The van der Waals surface area contributed by atoms with Crippen LogP contribution in [0, 0.1) is 0 Å². The van der Waals surface area contributed by atoms with Gasteiger partial charge in [-0.25, -0.2) is 0 Å². The highest BCUT2D eigenvalue weighted by Gasteiger charge is 2.09. The topological polar surface area (TPSA) is 55.4 Å². The lowest BCUT2D eigenvalue weighted by atomic mass is 9.89. The van der Waals surface area contributed by atoms with Crippen LogP contribution in [0.1, 0.15) is 13.8 Å². The Balaban J connectivity index is 3.65. The lowest BCUT2D eigenvalue weighted by molar-refractivity contribution is -0.137. The molecule has 60 valence electrons. The Morgan fingerprint density at radius 3 is 2.55 bits per heavy atom. The van der Waals surface area contributed by atoms with E-state index in [1.54, 1.807) is 6.92 Å². The normalized spacial score (nSPS) is 14.7. The minimum Gasteiger partial charge on any atom is -0.444 e. The van der Waals surface area contributed by atoms with E-state index in [0.717, 1.165) is 0 Å². The second kappa shape index (κ2) is 4.76. The molecular weight excluding hydrogens is 145 g/mol. The third-order valence-corrected chi connectivity index (χ3v) is 1.02. The third-order valence-electron chi connectivity index (χ3n) is 1.02. The summed E-state index contributed by atoms with van der Waals surface area (Å²) in [5, 5.41) is 2.36. The summed E-state index contributed by atoms with van der Waals surface area (Å²) in [5.41, 5.74) is 0. The zero-order valence-electron chi connectivity index (χ0n) is 6.53. The second-order valence-electron chi connectivity index (χ2n) is 2.17. The first-order valence-corrected chi connectivity index (χ1v) is 3.23. The molecule has 0 heterocycles. The molecule has 5 heteroatoms. The van der Waals surface area contributed by atoms with Gasteiger partial charge in [-0.15, -0.1) is 0 Å². The number of ether oxygens (including phenoxy) is 1. The standard InChI is InChI=1S/C6H10BNO3/c1-4(7)6(10)8-5(2)11-3-9/h3-5H,1-2H3,(H,8,10). The molecule has 0 spiro atoms. The largest absolute Gasteiger partial charge is 0.444 e. The predicted molar refractivity (Wildman–Crippen MR) is 39.9 cm³/mol. The molecule has 0 fully saturated rings. The SMILES string of the molecule is [B]C(C)C(=O)NC(C)OC=O. The van der Waals surface area contributed by atoms with E-state index in [0.29, 0.717) is 0 Å². The van der Waals surface area contributed by atoms with Crippen LogP contribution < -0.4 is 5.32 Å². The molecule has 0 rings (SSSR count). The first kappa shape index (κ1) is 10.0. The smallest absolute Gasteiger partial charge is 0.294 e.